The summed E-state index contributed by atoms with van der Waals surface area (Å²) in [5.74, 6) is 0.702. The Bertz CT molecular complexity index is 437. The lowest BCUT2D eigenvalue weighted by Gasteiger charge is -2.16. The van der Waals surface area contributed by atoms with Gasteiger partial charge in [0.15, 0.2) is 0 Å². The van der Waals surface area contributed by atoms with Gasteiger partial charge in [-0.15, -0.1) is 0 Å². The average Bonchev–Trinajstić information content (AvgIpc) is 2.38. The van der Waals surface area contributed by atoms with Crippen LogP contribution in [0.4, 0.5) is 0 Å². The van der Waals surface area contributed by atoms with Crippen LogP contribution in [-0.2, 0) is 4.79 Å². The van der Waals surface area contributed by atoms with Crippen LogP contribution in [0.3, 0.4) is 0 Å². The molecule has 0 atom stereocenters. The molecule has 4 nitrogen and oxygen atoms in total. The van der Waals surface area contributed by atoms with Crippen molar-refractivity contribution in [2.75, 3.05) is 20.2 Å². The smallest absolute Gasteiger partial charge is 0.225 e. The lowest BCUT2D eigenvalue weighted by atomic mass is 10.3. The maximum atomic E-state index is 11.7. The van der Waals surface area contributed by atoms with E-state index in [0.29, 0.717) is 41.8 Å². The van der Waals surface area contributed by atoms with Gasteiger partial charge in [0.2, 0.25) is 5.91 Å². The van der Waals surface area contributed by atoms with Crippen molar-refractivity contribution in [1.82, 2.24) is 4.90 Å². The molecule has 19 heavy (non-hydrogen) atoms. The number of hydrogen-bond acceptors (Lipinski definition) is 3. The summed E-state index contributed by atoms with van der Waals surface area (Å²) < 4.78 is 5.45. The van der Waals surface area contributed by atoms with E-state index in [2.05, 4.69) is 0 Å². The van der Waals surface area contributed by atoms with Crippen LogP contribution in [0, 0.1) is 0 Å². The van der Waals surface area contributed by atoms with Gasteiger partial charge in [-0.3, -0.25) is 4.79 Å². The summed E-state index contributed by atoms with van der Waals surface area (Å²) in [5.41, 5.74) is 5.39. The van der Waals surface area contributed by atoms with E-state index in [1.54, 1.807) is 36.2 Å². The molecule has 0 saturated carbocycles. The van der Waals surface area contributed by atoms with Gasteiger partial charge in [0.05, 0.1) is 18.0 Å². The van der Waals surface area contributed by atoms with Crippen molar-refractivity contribution in [3.63, 3.8) is 0 Å². The number of amides is 1. The molecule has 0 heterocycles. The summed E-state index contributed by atoms with van der Waals surface area (Å²) in [7, 11) is 1.73. The van der Waals surface area contributed by atoms with E-state index in [1.807, 2.05) is 0 Å². The summed E-state index contributed by atoms with van der Waals surface area (Å²) in [6, 6.07) is 7.02. The highest BCUT2D eigenvalue weighted by atomic mass is 35.5. The Morgan fingerprint density at radius 1 is 1.37 bits per heavy atom. The number of benzene rings is 1. The van der Waals surface area contributed by atoms with Gasteiger partial charge in [-0.25, -0.2) is 0 Å². The van der Waals surface area contributed by atoms with Gasteiger partial charge in [-0.2, -0.15) is 0 Å². The molecular formula is C13H17ClN2O2S. The van der Waals surface area contributed by atoms with Crippen LogP contribution < -0.4 is 10.5 Å². The van der Waals surface area contributed by atoms with Crippen molar-refractivity contribution in [3.8, 4) is 5.75 Å². The third kappa shape index (κ3) is 6.40. The Morgan fingerprint density at radius 2 is 2.00 bits per heavy atom. The number of nitrogens with two attached hydrogens (primary N) is 1. The van der Waals surface area contributed by atoms with Crippen LogP contribution in [-0.4, -0.2) is 36.0 Å². The molecule has 1 rings (SSSR count). The minimum Gasteiger partial charge on any atom is -0.493 e. The highest BCUT2D eigenvalue weighted by Gasteiger charge is 2.08. The largest absolute Gasteiger partial charge is 0.493 e. The number of carbonyl (C=O) groups excluding carboxylic acids is 1. The summed E-state index contributed by atoms with van der Waals surface area (Å²) in [6.45, 7) is 0.868. The lowest BCUT2D eigenvalue weighted by molar-refractivity contribution is -0.130. The molecular weight excluding hydrogens is 284 g/mol. The van der Waals surface area contributed by atoms with Gasteiger partial charge in [0.25, 0.3) is 0 Å². The molecule has 0 radical (unpaired) electrons. The Kier molecular flexibility index (Phi) is 6.59. The minimum absolute atomic E-state index is 0.00483. The molecule has 104 valence electrons. The predicted octanol–water partition coefficient (Wildman–Crippen LogP) is 2.24. The number of thiocarbonyl (C=S) groups is 1. The first-order valence-corrected chi connectivity index (χ1v) is 6.68. The van der Waals surface area contributed by atoms with Crippen molar-refractivity contribution < 1.29 is 9.53 Å². The van der Waals surface area contributed by atoms with Crippen LogP contribution in [0.25, 0.3) is 0 Å². The second kappa shape index (κ2) is 7.96. The van der Waals surface area contributed by atoms with Gasteiger partial charge in [0.1, 0.15) is 5.75 Å². The Balaban J connectivity index is 2.26. The molecule has 0 aliphatic carbocycles. The van der Waals surface area contributed by atoms with Gasteiger partial charge in [-0.1, -0.05) is 23.8 Å². The second-order valence-corrected chi connectivity index (χ2v) is 5.04. The third-order valence-electron chi connectivity index (χ3n) is 2.52. The second-order valence-electron chi connectivity index (χ2n) is 4.08. The van der Waals surface area contributed by atoms with Crippen LogP contribution in [0.5, 0.6) is 5.75 Å². The number of hydrogen-bond donors (Lipinski definition) is 1. The zero-order valence-electron chi connectivity index (χ0n) is 10.8. The number of halogens is 1. The summed E-state index contributed by atoms with van der Waals surface area (Å²) in [5, 5.41) is 0.654. The molecule has 0 aliphatic heterocycles. The lowest BCUT2D eigenvalue weighted by Crippen LogP contribution is -2.30. The third-order valence-corrected chi connectivity index (χ3v) is 2.97. The van der Waals surface area contributed by atoms with Gasteiger partial charge in [-0.05, 0) is 24.3 Å². The number of ether oxygens (including phenoxy) is 1. The van der Waals surface area contributed by atoms with Crippen LogP contribution >= 0.6 is 23.8 Å². The van der Waals surface area contributed by atoms with Crippen molar-refractivity contribution >= 4 is 34.7 Å². The summed E-state index contributed by atoms with van der Waals surface area (Å²) in [4.78, 5) is 13.8. The van der Waals surface area contributed by atoms with E-state index in [0.717, 1.165) is 0 Å². The van der Waals surface area contributed by atoms with Gasteiger partial charge in [0, 0.05) is 25.0 Å². The van der Waals surface area contributed by atoms with Crippen LogP contribution in [0.15, 0.2) is 24.3 Å². The van der Waals surface area contributed by atoms with Gasteiger partial charge < -0.3 is 15.4 Å². The van der Waals surface area contributed by atoms with E-state index in [4.69, 9.17) is 34.3 Å². The first kappa shape index (κ1) is 15.7. The monoisotopic (exact) mass is 300 g/mol. The molecule has 1 amide bonds. The average molecular weight is 301 g/mol. The molecule has 0 aliphatic rings. The van der Waals surface area contributed by atoms with Crippen LogP contribution in [0.2, 0.25) is 5.02 Å². The highest BCUT2D eigenvalue weighted by molar-refractivity contribution is 7.80. The Morgan fingerprint density at radius 3 is 2.58 bits per heavy atom. The van der Waals surface area contributed by atoms with Gasteiger partial charge >= 0.3 is 0 Å². The maximum Gasteiger partial charge on any atom is 0.225 e. The van der Waals surface area contributed by atoms with Crippen molar-refractivity contribution in [2.45, 2.75) is 12.8 Å². The fourth-order valence-corrected chi connectivity index (χ4v) is 1.60. The molecule has 6 heteroatoms. The molecule has 0 bridgehead atoms. The number of rotatable bonds is 7. The fraction of sp³-hybridized carbons (Fsp3) is 0.385. The standard InChI is InChI=1S/C13H17ClN2O2S/c1-16(8-6-12(15)19)13(17)7-9-18-11-4-2-10(14)3-5-11/h2-5H,6-9H2,1H3,(H2,15,19). The van der Waals surface area contributed by atoms with Crippen LogP contribution in [0.1, 0.15) is 12.8 Å². The van der Waals surface area contributed by atoms with E-state index >= 15 is 0 Å². The molecule has 2 N–H and O–H groups in total. The number of nitrogens with zero attached hydrogens (tertiary/aromatic N) is 1. The highest BCUT2D eigenvalue weighted by Crippen LogP contribution is 2.15. The molecule has 0 aromatic heterocycles. The minimum atomic E-state index is 0.00483. The molecule has 0 fully saturated rings. The van der Waals surface area contributed by atoms with E-state index in [9.17, 15) is 4.79 Å². The van der Waals surface area contributed by atoms with Crippen molar-refractivity contribution in [3.05, 3.63) is 29.3 Å². The zero-order valence-corrected chi connectivity index (χ0v) is 12.3. The molecule has 0 spiro atoms. The topological polar surface area (TPSA) is 55.6 Å². The van der Waals surface area contributed by atoms with Crippen molar-refractivity contribution in [1.29, 1.82) is 0 Å². The molecule has 1 aromatic rings. The first-order chi connectivity index (χ1) is 8.99. The van der Waals surface area contributed by atoms with E-state index < -0.39 is 0 Å². The Labute approximate surface area is 123 Å². The fourth-order valence-electron chi connectivity index (χ4n) is 1.38. The summed E-state index contributed by atoms with van der Waals surface area (Å²) >= 11 is 10.5. The maximum absolute atomic E-state index is 11.7. The normalized spacial score (nSPS) is 10.0. The molecule has 0 saturated heterocycles. The molecule has 0 unspecified atom stereocenters. The van der Waals surface area contributed by atoms with E-state index in [1.165, 1.54) is 0 Å². The summed E-state index contributed by atoms with van der Waals surface area (Å²) in [6.07, 6.45) is 0.853. The number of carbonyl (C=O) groups is 1. The molecule has 1 aromatic carbocycles. The van der Waals surface area contributed by atoms with Crippen molar-refractivity contribution in [2.24, 2.45) is 5.73 Å². The SMILES string of the molecule is CN(CCC(N)=S)C(=O)CCOc1ccc(Cl)cc1. The predicted molar refractivity (Wildman–Crippen MR) is 80.6 cm³/mol. The quantitative estimate of drug-likeness (QED) is 0.785. The first-order valence-electron chi connectivity index (χ1n) is 5.89. The Hall–Kier alpha value is -1.33. The van der Waals surface area contributed by atoms with E-state index in [-0.39, 0.29) is 5.91 Å². The zero-order chi connectivity index (χ0) is 14.3.